The third kappa shape index (κ3) is 3.51. The Bertz CT molecular complexity index is 426. The fourth-order valence-electron chi connectivity index (χ4n) is 2.56. The molecule has 1 heterocycles. The minimum absolute atomic E-state index is 0.0467. The van der Waals surface area contributed by atoms with E-state index in [9.17, 15) is 9.90 Å². The molecule has 0 aromatic carbocycles. The molecular weight excluding hydrogens is 248 g/mol. The third-order valence-corrected chi connectivity index (χ3v) is 3.71. The van der Waals surface area contributed by atoms with E-state index in [1.54, 1.807) is 0 Å². The average molecular weight is 268 g/mol. The lowest BCUT2D eigenvalue weighted by Gasteiger charge is -2.36. The Morgan fingerprint density at radius 3 is 2.74 bits per heavy atom. The Morgan fingerprint density at radius 1 is 1.42 bits per heavy atom. The van der Waals surface area contributed by atoms with Crippen LogP contribution in [-0.2, 0) is 6.54 Å². The number of aliphatic hydroxyl groups excluding tert-OH is 1. The molecule has 0 bridgehead atoms. The maximum absolute atomic E-state index is 10.7. The van der Waals surface area contributed by atoms with E-state index in [1.165, 1.54) is 17.3 Å². The lowest BCUT2D eigenvalue weighted by Crippen LogP contribution is -2.50. The zero-order valence-corrected chi connectivity index (χ0v) is 10.9. The molecule has 1 aromatic rings. The van der Waals surface area contributed by atoms with Gasteiger partial charge in [-0.25, -0.2) is 4.79 Å². The number of nitrogens with one attached hydrogen (secondary N) is 1. The number of carboxylic acids is 1. The standard InChI is InChI=1S/C12H20N4O3/c17-9-12(4-2-1-3-5-12)13-6-7-16-8-10(11(18)19)14-15-16/h8,13,17H,1-7,9H2,(H,18,19). The Labute approximate surface area is 111 Å². The molecule has 1 saturated carbocycles. The molecule has 0 saturated heterocycles. The lowest BCUT2D eigenvalue weighted by molar-refractivity contribution is 0.0690. The second kappa shape index (κ2) is 6.12. The summed E-state index contributed by atoms with van der Waals surface area (Å²) in [6.45, 7) is 1.33. The molecule has 3 N–H and O–H groups in total. The maximum atomic E-state index is 10.7. The molecule has 0 amide bonds. The van der Waals surface area contributed by atoms with Gasteiger partial charge in [0, 0.05) is 12.1 Å². The van der Waals surface area contributed by atoms with Crippen LogP contribution in [0.25, 0.3) is 0 Å². The summed E-state index contributed by atoms with van der Waals surface area (Å²) in [6, 6.07) is 0. The highest BCUT2D eigenvalue weighted by atomic mass is 16.4. The van der Waals surface area contributed by atoms with Crippen LogP contribution in [0.3, 0.4) is 0 Å². The first kappa shape index (κ1) is 14.0. The number of hydrogen-bond donors (Lipinski definition) is 3. The van der Waals surface area contributed by atoms with Gasteiger partial charge >= 0.3 is 5.97 Å². The highest BCUT2D eigenvalue weighted by Crippen LogP contribution is 2.27. The SMILES string of the molecule is O=C(O)c1cn(CCNC2(CO)CCCCC2)nn1. The van der Waals surface area contributed by atoms with E-state index >= 15 is 0 Å². The predicted octanol–water partition coefficient (Wildman–Crippen LogP) is 0.261. The number of aromatic nitrogens is 3. The van der Waals surface area contributed by atoms with E-state index in [0.717, 1.165) is 25.7 Å². The molecule has 0 aliphatic heterocycles. The molecule has 0 spiro atoms. The summed E-state index contributed by atoms with van der Waals surface area (Å²) >= 11 is 0. The second-order valence-electron chi connectivity index (χ2n) is 5.10. The van der Waals surface area contributed by atoms with Crippen molar-refractivity contribution in [3.05, 3.63) is 11.9 Å². The Balaban J connectivity index is 1.82. The lowest BCUT2D eigenvalue weighted by atomic mass is 9.82. The molecule has 0 radical (unpaired) electrons. The molecular formula is C12H20N4O3. The van der Waals surface area contributed by atoms with Crippen LogP contribution in [0.5, 0.6) is 0 Å². The second-order valence-corrected chi connectivity index (χ2v) is 5.10. The minimum atomic E-state index is -1.07. The normalized spacial score (nSPS) is 18.4. The highest BCUT2D eigenvalue weighted by Gasteiger charge is 2.30. The van der Waals surface area contributed by atoms with E-state index in [2.05, 4.69) is 15.6 Å². The number of carboxylic acid groups (broad SMARTS) is 1. The molecule has 1 aromatic heterocycles. The van der Waals surface area contributed by atoms with Gasteiger partial charge in [-0.3, -0.25) is 4.68 Å². The van der Waals surface area contributed by atoms with E-state index in [-0.39, 0.29) is 17.8 Å². The Kier molecular flexibility index (Phi) is 4.49. The smallest absolute Gasteiger partial charge is 0.358 e. The van der Waals surface area contributed by atoms with Crippen molar-refractivity contribution in [2.24, 2.45) is 0 Å². The van der Waals surface area contributed by atoms with Gasteiger partial charge in [0.05, 0.1) is 19.3 Å². The van der Waals surface area contributed by atoms with E-state index in [1.807, 2.05) is 0 Å². The van der Waals surface area contributed by atoms with Crippen molar-refractivity contribution >= 4 is 5.97 Å². The molecule has 7 heteroatoms. The van der Waals surface area contributed by atoms with Crippen molar-refractivity contribution < 1.29 is 15.0 Å². The van der Waals surface area contributed by atoms with Crippen LogP contribution < -0.4 is 5.32 Å². The maximum Gasteiger partial charge on any atom is 0.358 e. The molecule has 1 fully saturated rings. The Morgan fingerprint density at radius 2 is 2.16 bits per heavy atom. The van der Waals surface area contributed by atoms with E-state index in [0.29, 0.717) is 13.1 Å². The van der Waals surface area contributed by atoms with Crippen LogP contribution >= 0.6 is 0 Å². The van der Waals surface area contributed by atoms with Gasteiger partial charge in [0.2, 0.25) is 0 Å². The number of nitrogens with zero attached hydrogens (tertiary/aromatic N) is 3. The summed E-state index contributed by atoms with van der Waals surface area (Å²) in [5.41, 5.74) is -0.219. The number of hydrogen-bond acceptors (Lipinski definition) is 5. The molecule has 0 unspecified atom stereocenters. The average Bonchev–Trinajstić information content (AvgIpc) is 2.89. The third-order valence-electron chi connectivity index (χ3n) is 3.71. The minimum Gasteiger partial charge on any atom is -0.476 e. The van der Waals surface area contributed by atoms with Crippen LogP contribution in [-0.4, -0.2) is 49.9 Å². The van der Waals surface area contributed by atoms with Gasteiger partial charge in [-0.2, -0.15) is 0 Å². The highest BCUT2D eigenvalue weighted by molar-refractivity contribution is 5.84. The number of aliphatic hydroxyl groups is 1. The monoisotopic (exact) mass is 268 g/mol. The molecule has 1 aliphatic carbocycles. The molecule has 7 nitrogen and oxygen atoms in total. The van der Waals surface area contributed by atoms with Crippen LogP contribution in [0.1, 0.15) is 42.6 Å². The number of rotatable bonds is 6. The predicted molar refractivity (Wildman–Crippen MR) is 67.9 cm³/mol. The van der Waals surface area contributed by atoms with Crippen LogP contribution in [0.4, 0.5) is 0 Å². The first-order chi connectivity index (χ1) is 9.15. The topological polar surface area (TPSA) is 100 Å². The van der Waals surface area contributed by atoms with Gasteiger partial charge < -0.3 is 15.5 Å². The van der Waals surface area contributed by atoms with Gasteiger partial charge in [0.1, 0.15) is 0 Å². The molecule has 0 atom stereocenters. The summed E-state index contributed by atoms with van der Waals surface area (Å²) in [5, 5.41) is 29.0. The Hall–Kier alpha value is -1.47. The van der Waals surface area contributed by atoms with Crippen LogP contribution in [0.2, 0.25) is 0 Å². The van der Waals surface area contributed by atoms with Gasteiger partial charge in [-0.15, -0.1) is 5.10 Å². The summed E-state index contributed by atoms with van der Waals surface area (Å²) in [5.74, 6) is -1.07. The summed E-state index contributed by atoms with van der Waals surface area (Å²) in [7, 11) is 0. The van der Waals surface area contributed by atoms with E-state index in [4.69, 9.17) is 5.11 Å². The van der Waals surface area contributed by atoms with Gasteiger partial charge in [-0.1, -0.05) is 24.5 Å². The summed E-state index contributed by atoms with van der Waals surface area (Å²) in [6.07, 6.45) is 6.90. The first-order valence-corrected chi connectivity index (χ1v) is 6.64. The zero-order valence-electron chi connectivity index (χ0n) is 10.9. The fraction of sp³-hybridized carbons (Fsp3) is 0.750. The van der Waals surface area contributed by atoms with Crippen LogP contribution in [0, 0.1) is 0 Å². The first-order valence-electron chi connectivity index (χ1n) is 6.64. The van der Waals surface area contributed by atoms with Crippen molar-refractivity contribution in [1.82, 2.24) is 20.3 Å². The molecule has 2 rings (SSSR count). The molecule has 106 valence electrons. The van der Waals surface area contributed by atoms with Crippen LogP contribution in [0.15, 0.2) is 6.20 Å². The van der Waals surface area contributed by atoms with Crippen molar-refractivity contribution in [3.8, 4) is 0 Å². The number of carbonyl (C=O) groups is 1. The molecule has 1 aliphatic rings. The summed E-state index contributed by atoms with van der Waals surface area (Å²) in [4.78, 5) is 10.7. The van der Waals surface area contributed by atoms with Crippen molar-refractivity contribution in [2.45, 2.75) is 44.2 Å². The van der Waals surface area contributed by atoms with Gasteiger partial charge in [0.25, 0.3) is 0 Å². The van der Waals surface area contributed by atoms with Crippen molar-refractivity contribution in [1.29, 1.82) is 0 Å². The summed E-state index contributed by atoms with van der Waals surface area (Å²) < 4.78 is 1.50. The number of aromatic carboxylic acids is 1. The quantitative estimate of drug-likeness (QED) is 0.684. The van der Waals surface area contributed by atoms with Gasteiger partial charge in [-0.05, 0) is 12.8 Å². The fourth-order valence-corrected chi connectivity index (χ4v) is 2.56. The molecule has 19 heavy (non-hydrogen) atoms. The largest absolute Gasteiger partial charge is 0.476 e. The van der Waals surface area contributed by atoms with E-state index < -0.39 is 5.97 Å². The van der Waals surface area contributed by atoms with Crippen molar-refractivity contribution in [3.63, 3.8) is 0 Å². The van der Waals surface area contributed by atoms with Crippen molar-refractivity contribution in [2.75, 3.05) is 13.2 Å². The zero-order chi connectivity index (χ0) is 13.7. The van der Waals surface area contributed by atoms with Gasteiger partial charge in [0.15, 0.2) is 5.69 Å².